The van der Waals surface area contributed by atoms with Gasteiger partial charge in [-0.1, -0.05) is 13.0 Å². The molecule has 5 heteroatoms. The number of carboxylic acids is 1. The van der Waals surface area contributed by atoms with Crippen molar-refractivity contribution in [1.82, 2.24) is 5.32 Å². The molecule has 1 unspecified atom stereocenters. The molecule has 1 aromatic rings. The van der Waals surface area contributed by atoms with Crippen LogP contribution in [0, 0.1) is 11.6 Å². The highest BCUT2D eigenvalue weighted by molar-refractivity contribution is 5.75. The van der Waals surface area contributed by atoms with Gasteiger partial charge in [0.25, 0.3) is 0 Å². The lowest BCUT2D eigenvalue weighted by Crippen LogP contribution is -2.28. The van der Waals surface area contributed by atoms with E-state index in [1.165, 1.54) is 6.07 Å². The van der Waals surface area contributed by atoms with Gasteiger partial charge in [0.2, 0.25) is 0 Å². The first-order chi connectivity index (χ1) is 7.06. The van der Waals surface area contributed by atoms with Crippen LogP contribution >= 0.6 is 0 Å². The Hall–Kier alpha value is -1.49. The lowest BCUT2D eigenvalue weighted by Gasteiger charge is -2.13. The zero-order valence-corrected chi connectivity index (χ0v) is 8.13. The highest BCUT2D eigenvalue weighted by Gasteiger charge is 2.19. The molecule has 0 aromatic heterocycles. The molecule has 1 aromatic carbocycles. The molecule has 3 nitrogen and oxygen atoms in total. The Bertz CT molecular complexity index is 368. The molecule has 0 saturated heterocycles. The average molecular weight is 215 g/mol. The number of likely N-dealkylation sites (N-methyl/N-ethyl adjacent to an activating group) is 1. The number of aliphatic carboxylic acids is 1. The summed E-state index contributed by atoms with van der Waals surface area (Å²) in [6.45, 7) is 2.16. The van der Waals surface area contributed by atoms with Crippen LogP contribution in [-0.2, 0) is 4.79 Å². The standard InChI is InChI=1S/C10H11F2NO2/c1-2-13-9(10(14)15)6-3-4-7(11)8(12)5-6/h3-5,9,13H,2H2,1H3,(H,14,15). The minimum absolute atomic E-state index is 0.197. The van der Waals surface area contributed by atoms with E-state index in [0.717, 1.165) is 12.1 Å². The van der Waals surface area contributed by atoms with E-state index in [9.17, 15) is 13.6 Å². The van der Waals surface area contributed by atoms with Crippen LogP contribution in [0.3, 0.4) is 0 Å². The fraction of sp³-hybridized carbons (Fsp3) is 0.300. The monoisotopic (exact) mass is 215 g/mol. The Morgan fingerprint density at radius 2 is 2.13 bits per heavy atom. The number of hydrogen-bond donors (Lipinski definition) is 2. The molecule has 0 amide bonds. The largest absolute Gasteiger partial charge is 0.480 e. The average Bonchev–Trinajstić information content (AvgIpc) is 2.18. The Morgan fingerprint density at radius 1 is 1.47 bits per heavy atom. The number of benzene rings is 1. The lowest BCUT2D eigenvalue weighted by molar-refractivity contribution is -0.139. The molecule has 0 aliphatic heterocycles. The van der Waals surface area contributed by atoms with Crippen LogP contribution in [0.15, 0.2) is 18.2 Å². The Balaban J connectivity index is 3.01. The second-order valence-electron chi connectivity index (χ2n) is 3.00. The van der Waals surface area contributed by atoms with Gasteiger partial charge in [-0.3, -0.25) is 4.79 Å². The summed E-state index contributed by atoms with van der Waals surface area (Å²) in [5.74, 6) is -3.15. The lowest BCUT2D eigenvalue weighted by atomic mass is 10.1. The topological polar surface area (TPSA) is 49.3 Å². The minimum Gasteiger partial charge on any atom is -0.480 e. The van der Waals surface area contributed by atoms with Gasteiger partial charge in [0.1, 0.15) is 6.04 Å². The summed E-state index contributed by atoms with van der Waals surface area (Å²) in [6, 6.07) is 2.04. The fourth-order valence-corrected chi connectivity index (χ4v) is 1.24. The van der Waals surface area contributed by atoms with Crippen molar-refractivity contribution in [2.45, 2.75) is 13.0 Å². The zero-order chi connectivity index (χ0) is 11.4. The second-order valence-corrected chi connectivity index (χ2v) is 3.00. The van der Waals surface area contributed by atoms with Crippen molar-refractivity contribution < 1.29 is 18.7 Å². The molecular weight excluding hydrogens is 204 g/mol. The molecule has 15 heavy (non-hydrogen) atoms. The molecule has 0 saturated carbocycles. The number of rotatable bonds is 4. The Morgan fingerprint density at radius 3 is 2.60 bits per heavy atom. The van der Waals surface area contributed by atoms with Gasteiger partial charge in [0, 0.05) is 0 Å². The second kappa shape index (κ2) is 4.84. The number of carboxylic acid groups (broad SMARTS) is 1. The summed E-state index contributed by atoms with van der Waals surface area (Å²) in [5.41, 5.74) is 0.197. The Labute approximate surface area is 85.7 Å². The number of carbonyl (C=O) groups is 1. The SMILES string of the molecule is CCNC(C(=O)O)c1ccc(F)c(F)c1. The molecule has 0 fully saturated rings. The van der Waals surface area contributed by atoms with E-state index < -0.39 is 23.6 Å². The van der Waals surface area contributed by atoms with Crippen molar-refractivity contribution in [2.24, 2.45) is 0 Å². The maximum Gasteiger partial charge on any atom is 0.325 e. The first-order valence-corrected chi connectivity index (χ1v) is 4.47. The van der Waals surface area contributed by atoms with Crippen molar-refractivity contribution in [3.8, 4) is 0 Å². The maximum absolute atomic E-state index is 12.8. The molecule has 82 valence electrons. The van der Waals surface area contributed by atoms with Crippen molar-refractivity contribution in [3.05, 3.63) is 35.4 Å². The van der Waals surface area contributed by atoms with Crippen molar-refractivity contribution >= 4 is 5.97 Å². The third kappa shape index (κ3) is 2.73. The van der Waals surface area contributed by atoms with E-state index in [2.05, 4.69) is 5.32 Å². The fourth-order valence-electron chi connectivity index (χ4n) is 1.24. The molecular formula is C10H11F2NO2. The van der Waals surface area contributed by atoms with Crippen LogP contribution in [0.5, 0.6) is 0 Å². The van der Waals surface area contributed by atoms with Gasteiger partial charge < -0.3 is 10.4 Å². The van der Waals surface area contributed by atoms with Gasteiger partial charge in [-0.05, 0) is 24.2 Å². The van der Waals surface area contributed by atoms with E-state index in [4.69, 9.17) is 5.11 Å². The molecule has 1 rings (SSSR count). The van der Waals surface area contributed by atoms with E-state index in [0.29, 0.717) is 6.54 Å². The minimum atomic E-state index is -1.12. The normalized spacial score (nSPS) is 12.5. The van der Waals surface area contributed by atoms with Crippen molar-refractivity contribution in [2.75, 3.05) is 6.54 Å². The van der Waals surface area contributed by atoms with Crippen LogP contribution in [0.1, 0.15) is 18.5 Å². The van der Waals surface area contributed by atoms with Crippen LogP contribution < -0.4 is 5.32 Å². The first kappa shape index (κ1) is 11.6. The van der Waals surface area contributed by atoms with Gasteiger partial charge in [0.15, 0.2) is 11.6 Å². The summed E-state index contributed by atoms with van der Waals surface area (Å²) in [7, 11) is 0. The summed E-state index contributed by atoms with van der Waals surface area (Å²) in [5, 5.41) is 11.5. The molecule has 2 N–H and O–H groups in total. The summed E-state index contributed by atoms with van der Waals surface area (Å²) >= 11 is 0. The van der Waals surface area contributed by atoms with Gasteiger partial charge in [-0.2, -0.15) is 0 Å². The predicted molar refractivity (Wildman–Crippen MR) is 50.4 cm³/mol. The number of halogens is 2. The van der Waals surface area contributed by atoms with E-state index in [1.807, 2.05) is 0 Å². The molecule has 0 aliphatic carbocycles. The first-order valence-electron chi connectivity index (χ1n) is 4.47. The molecule has 0 aliphatic rings. The third-order valence-corrected chi connectivity index (χ3v) is 1.93. The predicted octanol–water partition coefficient (Wildman–Crippen LogP) is 1.70. The van der Waals surface area contributed by atoms with Crippen LogP contribution in [0.2, 0.25) is 0 Å². The smallest absolute Gasteiger partial charge is 0.325 e. The molecule has 0 heterocycles. The molecule has 0 spiro atoms. The molecule has 1 atom stereocenters. The summed E-state index contributed by atoms with van der Waals surface area (Å²) < 4.78 is 25.5. The summed E-state index contributed by atoms with van der Waals surface area (Å²) in [6.07, 6.45) is 0. The highest BCUT2D eigenvalue weighted by atomic mass is 19.2. The van der Waals surface area contributed by atoms with Crippen LogP contribution in [0.25, 0.3) is 0 Å². The van der Waals surface area contributed by atoms with Crippen LogP contribution in [0.4, 0.5) is 8.78 Å². The molecule has 0 radical (unpaired) electrons. The van der Waals surface area contributed by atoms with Crippen LogP contribution in [-0.4, -0.2) is 17.6 Å². The van der Waals surface area contributed by atoms with E-state index in [1.54, 1.807) is 6.92 Å². The van der Waals surface area contributed by atoms with E-state index in [-0.39, 0.29) is 5.56 Å². The van der Waals surface area contributed by atoms with Gasteiger partial charge >= 0.3 is 5.97 Å². The van der Waals surface area contributed by atoms with Gasteiger partial charge in [0.05, 0.1) is 0 Å². The maximum atomic E-state index is 12.8. The summed E-state index contributed by atoms with van der Waals surface area (Å²) in [4.78, 5) is 10.8. The van der Waals surface area contributed by atoms with Gasteiger partial charge in [-0.25, -0.2) is 8.78 Å². The Kier molecular flexibility index (Phi) is 3.74. The van der Waals surface area contributed by atoms with Crippen molar-refractivity contribution in [3.63, 3.8) is 0 Å². The third-order valence-electron chi connectivity index (χ3n) is 1.93. The van der Waals surface area contributed by atoms with Crippen molar-refractivity contribution in [1.29, 1.82) is 0 Å². The highest BCUT2D eigenvalue weighted by Crippen LogP contribution is 2.16. The van der Waals surface area contributed by atoms with Gasteiger partial charge in [-0.15, -0.1) is 0 Å². The van der Waals surface area contributed by atoms with E-state index >= 15 is 0 Å². The number of hydrogen-bond acceptors (Lipinski definition) is 2. The zero-order valence-electron chi connectivity index (χ0n) is 8.13. The molecule has 0 bridgehead atoms. The number of nitrogens with one attached hydrogen (secondary N) is 1. The quantitative estimate of drug-likeness (QED) is 0.803.